The van der Waals surface area contributed by atoms with E-state index in [0.29, 0.717) is 78.9 Å². The van der Waals surface area contributed by atoms with E-state index in [2.05, 4.69) is 67.1 Å². The van der Waals surface area contributed by atoms with E-state index in [1.165, 1.54) is 20.8 Å². The second-order valence-corrected chi connectivity index (χ2v) is 31.5. The average molecular weight is 1730 g/mol. The average Bonchev–Trinajstić information content (AvgIpc) is 1.52. The molecule has 27 nitrogen and oxygen atoms in total. The Morgan fingerprint density at radius 3 is 1.20 bits per heavy atom. The van der Waals surface area contributed by atoms with E-state index in [9.17, 15) is 38.4 Å². The van der Waals surface area contributed by atoms with Crippen LogP contribution in [0.4, 0.5) is 10.5 Å². The van der Waals surface area contributed by atoms with E-state index < -0.39 is 83.7 Å². The zero-order chi connectivity index (χ0) is 90.0. The third-order valence-corrected chi connectivity index (χ3v) is 22.4. The van der Waals surface area contributed by atoms with Crippen LogP contribution in [0.25, 0.3) is 101 Å². The van der Waals surface area contributed by atoms with Crippen LogP contribution in [0.1, 0.15) is 72.9 Å². The highest BCUT2D eigenvalue weighted by atomic mass is 16.5. The molecule has 6 atom stereocenters. The molecular weight excluding hydrogens is 1640 g/mol. The first-order chi connectivity index (χ1) is 63.3. The van der Waals surface area contributed by atoms with E-state index in [4.69, 9.17) is 29.9 Å². The number of nitrogens with one attached hydrogen (secondary N) is 7. The number of ether oxygens (including phenoxy) is 3. The van der Waals surface area contributed by atoms with Gasteiger partial charge in [0.15, 0.2) is 0 Å². The van der Waals surface area contributed by atoms with Gasteiger partial charge in [-0.05, 0) is 215 Å². The van der Waals surface area contributed by atoms with Crippen molar-refractivity contribution in [3.63, 3.8) is 0 Å². The van der Waals surface area contributed by atoms with Gasteiger partial charge in [0.2, 0.25) is 41.4 Å². The van der Waals surface area contributed by atoms with Crippen molar-refractivity contribution in [1.82, 2.24) is 71.8 Å². The minimum absolute atomic E-state index is 0.0950. The van der Waals surface area contributed by atoms with Crippen molar-refractivity contribution in [3.05, 3.63) is 344 Å². The predicted molar refractivity (Wildman–Crippen MR) is 494 cm³/mol. The molecule has 0 saturated carbocycles. The Kier molecular flexibility index (Phi) is 27.1. The van der Waals surface area contributed by atoms with Crippen molar-refractivity contribution in [2.45, 2.75) is 102 Å². The number of aromatic nitrogens is 8. The monoisotopic (exact) mass is 1730 g/mol. The van der Waals surface area contributed by atoms with Gasteiger partial charge in [0.25, 0.3) is 0 Å². The molecule has 27 heteroatoms. The molecule has 0 unspecified atom stereocenters. The Morgan fingerprint density at radius 2 is 0.762 bits per heavy atom. The van der Waals surface area contributed by atoms with Crippen LogP contribution in [-0.4, -0.2) is 130 Å². The summed E-state index contributed by atoms with van der Waals surface area (Å²) in [6.45, 7) is 4.47. The van der Waals surface area contributed by atoms with Crippen molar-refractivity contribution >= 4 is 74.9 Å². The summed E-state index contributed by atoms with van der Waals surface area (Å²) >= 11 is 0. The number of fused-ring (bicyclic) bond motifs is 6. The molecule has 1 aliphatic rings. The lowest BCUT2D eigenvalue weighted by molar-refractivity contribution is -0.134. The van der Waals surface area contributed by atoms with Crippen LogP contribution in [0.5, 0.6) is 11.5 Å². The van der Waals surface area contributed by atoms with Crippen LogP contribution in [0.3, 0.4) is 0 Å². The number of amides is 8. The zero-order valence-corrected chi connectivity index (χ0v) is 71.1. The number of anilines is 1. The quantitative estimate of drug-likeness (QED) is 0.0174. The fourth-order valence-corrected chi connectivity index (χ4v) is 15.4. The molecule has 0 radical (unpaired) electrons. The summed E-state index contributed by atoms with van der Waals surface area (Å²) in [4.78, 5) is 151. The van der Waals surface area contributed by atoms with Crippen LogP contribution in [-0.2, 0) is 64.4 Å². The number of nitrogens with two attached hydrogens (primary N) is 1. The molecule has 15 aromatic rings. The summed E-state index contributed by atoms with van der Waals surface area (Å²) in [7, 11) is 0. The number of pyridine rings is 8. The minimum Gasteiger partial charge on any atom is -0.489 e. The van der Waals surface area contributed by atoms with Gasteiger partial charge in [-0.3, -0.25) is 63.5 Å². The first-order valence-corrected chi connectivity index (χ1v) is 42.5. The molecule has 130 heavy (non-hydrogen) atoms. The third kappa shape index (κ3) is 21.5. The number of primary amides is 1. The Bertz CT molecular complexity index is 6470. The molecule has 0 aliphatic heterocycles. The molecule has 0 bridgehead atoms. The maximum absolute atomic E-state index is 15.0. The Balaban J connectivity index is 0.607. The molecule has 0 saturated heterocycles. The number of hydrogen-bond acceptors (Lipinski definition) is 19. The summed E-state index contributed by atoms with van der Waals surface area (Å²) in [5, 5.41) is 20.5. The van der Waals surface area contributed by atoms with Crippen LogP contribution >= 0.6 is 0 Å². The minimum atomic E-state index is -1.47. The highest BCUT2D eigenvalue weighted by molar-refractivity contribution is 6.12. The second-order valence-electron chi connectivity index (χ2n) is 31.5. The number of benzene rings is 7. The number of rotatable bonds is 34. The third-order valence-electron chi connectivity index (χ3n) is 22.4. The maximum atomic E-state index is 15.0. The van der Waals surface area contributed by atoms with Gasteiger partial charge in [-0.15, -0.1) is 0 Å². The van der Waals surface area contributed by atoms with Gasteiger partial charge in [-0.1, -0.05) is 152 Å². The van der Waals surface area contributed by atoms with Crippen molar-refractivity contribution in [3.8, 4) is 90.4 Å². The van der Waals surface area contributed by atoms with Crippen LogP contribution in [0.2, 0.25) is 0 Å². The molecule has 1 aliphatic carbocycles. The van der Waals surface area contributed by atoms with Crippen molar-refractivity contribution in [2.75, 3.05) is 11.9 Å². The summed E-state index contributed by atoms with van der Waals surface area (Å²) in [6, 6.07) is 76.7. The second kappa shape index (κ2) is 40.6. The first-order valence-electron chi connectivity index (χ1n) is 42.5. The molecule has 8 amide bonds. The lowest BCUT2D eigenvalue weighted by Crippen LogP contribution is -2.59. The molecule has 9 N–H and O–H groups in total. The van der Waals surface area contributed by atoms with E-state index in [0.717, 1.165) is 72.4 Å². The molecule has 648 valence electrons. The van der Waals surface area contributed by atoms with Crippen LogP contribution in [0.15, 0.2) is 310 Å². The molecule has 8 heterocycles. The van der Waals surface area contributed by atoms with Crippen LogP contribution < -0.4 is 52.4 Å². The standard InChI is InChI=1S/C103H90N16O11/c1-62(97(104)121)111-101(125)92(52-65-32-40-74(41-33-65)128-59-67-28-36-69(37-29-67)72-55-88(82-24-8-12-46-105-82)114-89(56-72)83-25-9-13-47-106-83)117-99(123)64(3)113-102(126)93(53-66-34-42-75(43-35-66)129-60-68-30-38-70(39-31-68)73-57-90(84-26-10-14-48-107-84)115-91(58-73)85-27-11-15-49-108-85)118-98(122)63(2)112-100(124)86(119-103(127)130-61-81-78-21-6-4-19-76(78)77-20-5-7-22-79(77)81)44-45-94(120)116-87-54-71-18-16-50-109-95(71)96-80(87)23-17-51-110-96/h4-43,46-51,54-58,62-64,81,86,92-93H,44-45,52-53,59-61H2,1-3H3,(H2,104,121)(H,111,125)(H,112,124)(H,113,126)(H,116,120)(H,117,123)(H,118,122)(H,119,127)/t62-,63-,64-,86-,92-,93-/m0/s1. The first kappa shape index (κ1) is 86.9. The summed E-state index contributed by atoms with van der Waals surface area (Å²) < 4.78 is 18.5. The summed E-state index contributed by atoms with van der Waals surface area (Å²) in [5.41, 5.74) is 23.4. The number of carbonyl (C=O) groups is 8. The van der Waals surface area contributed by atoms with Gasteiger partial charge in [0.05, 0.1) is 62.3 Å². The predicted octanol–water partition coefficient (Wildman–Crippen LogP) is 14.4. The van der Waals surface area contributed by atoms with Gasteiger partial charge >= 0.3 is 6.09 Å². The van der Waals surface area contributed by atoms with E-state index in [1.54, 1.807) is 110 Å². The molecule has 0 spiro atoms. The van der Waals surface area contributed by atoms with Gasteiger partial charge in [0, 0.05) is 73.1 Å². The number of alkyl carbamates (subject to hydrolysis) is 1. The Morgan fingerprint density at radius 1 is 0.362 bits per heavy atom. The SMILES string of the molecule is C[C@H](NC(=O)[C@H](Cc1ccc(OCc2ccc(-c3cc(-c4ccccn4)nc(-c4ccccn4)c3)cc2)cc1)NC(=O)[C@H](C)NC(=O)[C@H](Cc1ccc(OCc2ccc(-c3cc(-c4ccccn4)nc(-c4ccccn4)c3)cc2)cc1)NC(=O)[C@H](C)NC(=O)[C@H](CCC(=O)Nc1cc2cccnc2c2ncccc12)NC(=O)OCC1c2ccccc2-c2ccccc21)C(N)=O. The molecular formula is C103H90N16O11. The molecule has 7 aromatic carbocycles. The summed E-state index contributed by atoms with van der Waals surface area (Å²) in [5.74, 6) is -4.82. The largest absolute Gasteiger partial charge is 0.489 e. The van der Waals surface area contributed by atoms with Gasteiger partial charge in [0.1, 0.15) is 67.6 Å². The van der Waals surface area contributed by atoms with E-state index in [-0.39, 0.29) is 51.4 Å². The Labute approximate surface area is 748 Å². The zero-order valence-electron chi connectivity index (χ0n) is 71.1. The number of hydrogen-bond donors (Lipinski definition) is 8. The van der Waals surface area contributed by atoms with Crippen molar-refractivity contribution in [2.24, 2.45) is 5.73 Å². The van der Waals surface area contributed by atoms with Gasteiger partial charge in [-0.25, -0.2) is 14.8 Å². The highest BCUT2D eigenvalue weighted by Crippen LogP contribution is 2.45. The molecule has 0 fully saturated rings. The van der Waals surface area contributed by atoms with Gasteiger partial charge in [-0.2, -0.15) is 0 Å². The van der Waals surface area contributed by atoms with E-state index in [1.807, 2.05) is 200 Å². The normalized spacial score (nSPS) is 12.9. The van der Waals surface area contributed by atoms with Gasteiger partial charge < -0.3 is 57.2 Å². The Hall–Kier alpha value is -16.6. The van der Waals surface area contributed by atoms with Crippen molar-refractivity contribution in [1.29, 1.82) is 0 Å². The highest BCUT2D eigenvalue weighted by Gasteiger charge is 2.34. The topological polar surface area (TPSA) is 378 Å². The molecule has 8 aromatic heterocycles. The smallest absolute Gasteiger partial charge is 0.407 e. The van der Waals surface area contributed by atoms with Crippen molar-refractivity contribution < 1.29 is 52.6 Å². The maximum Gasteiger partial charge on any atom is 0.407 e. The summed E-state index contributed by atoms with van der Waals surface area (Å²) in [6.07, 6.45) is 8.37. The van der Waals surface area contributed by atoms with Crippen LogP contribution in [0, 0.1) is 0 Å². The number of carbonyl (C=O) groups excluding carboxylic acids is 8. The van der Waals surface area contributed by atoms with E-state index >= 15 is 0 Å². The lowest BCUT2D eigenvalue weighted by atomic mass is 9.98. The molecule has 16 rings (SSSR count). The fraction of sp³-hybridized carbons (Fsp3) is 0.165. The number of nitrogens with zero attached hydrogens (tertiary/aromatic N) is 8. The fourth-order valence-electron chi connectivity index (χ4n) is 15.4. The lowest BCUT2D eigenvalue weighted by Gasteiger charge is -2.26.